The van der Waals surface area contributed by atoms with E-state index >= 15 is 0 Å². The van der Waals surface area contributed by atoms with Gasteiger partial charge in [0.15, 0.2) is 0 Å². The van der Waals surface area contributed by atoms with Crippen LogP contribution in [-0.2, 0) is 13.0 Å². The molecule has 1 aromatic heterocycles. The Morgan fingerprint density at radius 3 is 2.90 bits per heavy atom. The second-order valence-corrected chi connectivity index (χ2v) is 7.08. The van der Waals surface area contributed by atoms with Crippen LogP contribution in [0.2, 0.25) is 0 Å². The summed E-state index contributed by atoms with van der Waals surface area (Å²) in [4.78, 5) is 6.23. The lowest BCUT2D eigenvalue weighted by atomic mass is 10.1. The van der Waals surface area contributed by atoms with Gasteiger partial charge in [-0.1, -0.05) is 46.3 Å². The fourth-order valence-corrected chi connectivity index (χ4v) is 4.35. The third-order valence-electron chi connectivity index (χ3n) is 3.82. The van der Waals surface area contributed by atoms with Crippen molar-refractivity contribution in [2.45, 2.75) is 13.0 Å². The van der Waals surface area contributed by atoms with Crippen molar-refractivity contribution in [3.8, 4) is 21.8 Å². The molecule has 3 aromatic rings. The van der Waals surface area contributed by atoms with E-state index in [2.05, 4.69) is 58.4 Å². The molecule has 0 spiro atoms. The number of fused-ring (bicyclic) bond motifs is 3. The van der Waals surface area contributed by atoms with Gasteiger partial charge in [-0.05, 0) is 23.3 Å². The van der Waals surface area contributed by atoms with E-state index in [0.29, 0.717) is 6.54 Å². The largest absolute Gasteiger partial charge is 0.326 e. The Labute approximate surface area is 135 Å². The van der Waals surface area contributed by atoms with Crippen LogP contribution in [0.25, 0.3) is 21.8 Å². The first-order valence-corrected chi connectivity index (χ1v) is 8.44. The van der Waals surface area contributed by atoms with Gasteiger partial charge >= 0.3 is 0 Å². The molecule has 0 saturated heterocycles. The molecular formula is C17H13BrN2S. The van der Waals surface area contributed by atoms with Crippen LogP contribution in [0.15, 0.2) is 46.9 Å². The maximum absolute atomic E-state index is 5.73. The van der Waals surface area contributed by atoms with Gasteiger partial charge in [0.25, 0.3) is 0 Å². The van der Waals surface area contributed by atoms with Gasteiger partial charge in [0.1, 0.15) is 5.01 Å². The molecule has 0 unspecified atom stereocenters. The van der Waals surface area contributed by atoms with Crippen LogP contribution in [0.3, 0.4) is 0 Å². The van der Waals surface area contributed by atoms with Crippen LogP contribution >= 0.6 is 27.3 Å². The van der Waals surface area contributed by atoms with E-state index in [1.54, 1.807) is 11.3 Å². The van der Waals surface area contributed by atoms with E-state index in [1.807, 2.05) is 0 Å². The van der Waals surface area contributed by atoms with Gasteiger partial charge < -0.3 is 5.73 Å². The highest BCUT2D eigenvalue weighted by Crippen LogP contribution is 2.44. The van der Waals surface area contributed by atoms with Crippen molar-refractivity contribution < 1.29 is 0 Å². The molecule has 1 aliphatic rings. The van der Waals surface area contributed by atoms with Gasteiger partial charge in [-0.25, -0.2) is 4.98 Å². The highest BCUT2D eigenvalue weighted by Gasteiger charge is 2.25. The molecule has 0 amide bonds. The number of thiazole rings is 1. The molecule has 2 aromatic carbocycles. The molecule has 21 heavy (non-hydrogen) atoms. The van der Waals surface area contributed by atoms with Crippen molar-refractivity contribution in [1.29, 1.82) is 0 Å². The molecule has 104 valence electrons. The smallest absolute Gasteiger partial charge is 0.124 e. The van der Waals surface area contributed by atoms with Crippen molar-refractivity contribution in [3.05, 3.63) is 62.9 Å². The summed E-state index contributed by atoms with van der Waals surface area (Å²) >= 11 is 5.42. The Morgan fingerprint density at radius 1 is 1.19 bits per heavy atom. The number of rotatable bonds is 2. The van der Waals surface area contributed by atoms with Crippen molar-refractivity contribution in [2.24, 2.45) is 5.73 Å². The van der Waals surface area contributed by atoms with Crippen LogP contribution in [0.1, 0.15) is 16.0 Å². The second-order valence-electron chi connectivity index (χ2n) is 5.14. The maximum atomic E-state index is 5.73. The molecule has 0 bridgehead atoms. The summed E-state index contributed by atoms with van der Waals surface area (Å²) in [7, 11) is 0. The molecule has 1 aliphatic carbocycles. The third kappa shape index (κ3) is 2.14. The highest BCUT2D eigenvalue weighted by atomic mass is 79.9. The average molecular weight is 357 g/mol. The third-order valence-corrected chi connectivity index (χ3v) is 5.67. The SMILES string of the molecule is NCc1cccc(-c2nc3c(s2)Cc2c(Br)cccc2-3)c1. The summed E-state index contributed by atoms with van der Waals surface area (Å²) < 4.78 is 1.18. The minimum Gasteiger partial charge on any atom is -0.326 e. The molecule has 1 heterocycles. The molecule has 4 heteroatoms. The fourth-order valence-electron chi connectivity index (χ4n) is 2.76. The van der Waals surface area contributed by atoms with E-state index in [1.165, 1.54) is 20.5 Å². The van der Waals surface area contributed by atoms with E-state index in [0.717, 1.165) is 28.2 Å². The number of nitrogens with zero attached hydrogens (tertiary/aromatic N) is 1. The zero-order chi connectivity index (χ0) is 14.4. The van der Waals surface area contributed by atoms with Crippen LogP contribution in [0, 0.1) is 0 Å². The van der Waals surface area contributed by atoms with Gasteiger partial charge in [-0.15, -0.1) is 11.3 Å². The Balaban J connectivity index is 1.81. The first kappa shape index (κ1) is 13.2. The zero-order valence-corrected chi connectivity index (χ0v) is 13.7. The zero-order valence-electron chi connectivity index (χ0n) is 11.3. The van der Waals surface area contributed by atoms with E-state index < -0.39 is 0 Å². The van der Waals surface area contributed by atoms with Gasteiger partial charge in [-0.3, -0.25) is 0 Å². The van der Waals surface area contributed by atoms with Crippen molar-refractivity contribution in [3.63, 3.8) is 0 Å². The summed E-state index contributed by atoms with van der Waals surface area (Å²) in [6.07, 6.45) is 0.973. The number of hydrogen-bond donors (Lipinski definition) is 1. The maximum Gasteiger partial charge on any atom is 0.124 e. The first-order chi connectivity index (χ1) is 10.3. The quantitative estimate of drug-likeness (QED) is 0.569. The van der Waals surface area contributed by atoms with Crippen LogP contribution in [0.5, 0.6) is 0 Å². The van der Waals surface area contributed by atoms with Crippen molar-refractivity contribution in [1.82, 2.24) is 4.98 Å². The van der Waals surface area contributed by atoms with Crippen LogP contribution in [0.4, 0.5) is 0 Å². The summed E-state index contributed by atoms with van der Waals surface area (Å²) in [5.41, 5.74) is 11.8. The van der Waals surface area contributed by atoms with E-state index in [9.17, 15) is 0 Å². The number of benzene rings is 2. The van der Waals surface area contributed by atoms with Gasteiger partial charge in [0.2, 0.25) is 0 Å². The summed E-state index contributed by atoms with van der Waals surface area (Å²) in [6, 6.07) is 14.7. The fraction of sp³-hybridized carbons (Fsp3) is 0.118. The molecule has 2 nitrogen and oxygen atoms in total. The molecular weight excluding hydrogens is 344 g/mol. The van der Waals surface area contributed by atoms with Gasteiger partial charge in [0.05, 0.1) is 5.69 Å². The van der Waals surface area contributed by atoms with Gasteiger partial charge in [0, 0.05) is 33.4 Å². The van der Waals surface area contributed by atoms with Gasteiger partial charge in [-0.2, -0.15) is 0 Å². The minimum atomic E-state index is 0.564. The number of halogens is 1. The minimum absolute atomic E-state index is 0.564. The molecule has 0 radical (unpaired) electrons. The molecule has 0 fully saturated rings. The number of nitrogens with two attached hydrogens (primary N) is 1. The number of hydrogen-bond acceptors (Lipinski definition) is 3. The molecule has 2 N–H and O–H groups in total. The van der Waals surface area contributed by atoms with Crippen molar-refractivity contribution >= 4 is 27.3 Å². The molecule has 0 atom stereocenters. The number of aromatic nitrogens is 1. The molecule has 0 aliphatic heterocycles. The average Bonchev–Trinajstić information content (AvgIpc) is 3.06. The second kappa shape index (κ2) is 5.05. The topological polar surface area (TPSA) is 38.9 Å². The lowest BCUT2D eigenvalue weighted by Gasteiger charge is -2.03. The van der Waals surface area contributed by atoms with E-state index in [-0.39, 0.29) is 0 Å². The molecule has 0 saturated carbocycles. The Morgan fingerprint density at radius 2 is 2.05 bits per heavy atom. The van der Waals surface area contributed by atoms with Crippen LogP contribution in [-0.4, -0.2) is 4.98 Å². The molecule has 4 rings (SSSR count). The summed E-state index contributed by atoms with van der Waals surface area (Å²) in [5, 5.41) is 1.08. The first-order valence-electron chi connectivity index (χ1n) is 6.83. The summed E-state index contributed by atoms with van der Waals surface area (Å²) in [6.45, 7) is 0.564. The lowest BCUT2D eigenvalue weighted by molar-refractivity contribution is 1.07. The lowest BCUT2D eigenvalue weighted by Crippen LogP contribution is -1.95. The highest BCUT2D eigenvalue weighted by molar-refractivity contribution is 9.10. The van der Waals surface area contributed by atoms with Crippen molar-refractivity contribution in [2.75, 3.05) is 0 Å². The van der Waals surface area contributed by atoms with E-state index in [4.69, 9.17) is 10.7 Å². The monoisotopic (exact) mass is 356 g/mol. The Kier molecular flexibility index (Phi) is 3.17. The predicted molar refractivity (Wildman–Crippen MR) is 91.4 cm³/mol. The standard InChI is InChI=1S/C17H13BrN2S/c18-14-6-2-5-12-13(14)8-15-16(12)20-17(21-15)11-4-1-3-10(7-11)9-19/h1-7H,8-9,19H2. The normalized spacial score (nSPS) is 12.3. The predicted octanol–water partition coefficient (Wildman–Crippen LogP) is 4.60. The Hall–Kier alpha value is -1.49. The summed E-state index contributed by atoms with van der Waals surface area (Å²) in [5.74, 6) is 0. The Bertz CT molecular complexity index is 839. The van der Waals surface area contributed by atoms with Crippen LogP contribution < -0.4 is 5.73 Å².